The Hall–Kier alpha value is -0.820. The zero-order valence-corrected chi connectivity index (χ0v) is 17.1. The molecule has 2 N–H and O–H groups in total. The molecule has 1 aliphatic heterocycles. The monoisotopic (exact) mass is 431 g/mol. The van der Waals surface area contributed by atoms with Gasteiger partial charge in [0.25, 0.3) is 0 Å². The van der Waals surface area contributed by atoms with Crippen molar-refractivity contribution in [3.63, 3.8) is 0 Å². The Bertz CT molecular complexity index is 525. The highest BCUT2D eigenvalue weighted by molar-refractivity contribution is 14.0. The molecule has 0 saturated carbocycles. The van der Waals surface area contributed by atoms with Crippen molar-refractivity contribution < 1.29 is 4.74 Å². The van der Waals surface area contributed by atoms with Gasteiger partial charge in [0.05, 0.1) is 12.1 Å². The quantitative estimate of drug-likeness (QED) is 0.426. The van der Waals surface area contributed by atoms with E-state index in [0.717, 1.165) is 38.5 Å². The Labute approximate surface area is 157 Å². The summed E-state index contributed by atoms with van der Waals surface area (Å²) >= 11 is 0. The Morgan fingerprint density at radius 3 is 2.70 bits per heavy atom. The van der Waals surface area contributed by atoms with Crippen LogP contribution in [0.15, 0.2) is 23.2 Å². The molecule has 130 valence electrons. The van der Waals surface area contributed by atoms with Gasteiger partial charge in [-0.15, -0.1) is 24.0 Å². The molecule has 1 fully saturated rings. The number of aryl methyl sites for hydroxylation is 2. The minimum atomic E-state index is -0.0596. The van der Waals surface area contributed by atoms with Crippen LogP contribution in [0.2, 0.25) is 0 Å². The third kappa shape index (κ3) is 6.30. The van der Waals surface area contributed by atoms with Gasteiger partial charge in [-0.3, -0.25) is 0 Å². The molecule has 1 aliphatic rings. The lowest BCUT2D eigenvalue weighted by Gasteiger charge is -2.24. The summed E-state index contributed by atoms with van der Waals surface area (Å²) in [5.74, 6) is 0.860. The van der Waals surface area contributed by atoms with Crippen molar-refractivity contribution in [2.24, 2.45) is 4.99 Å². The van der Waals surface area contributed by atoms with E-state index < -0.39 is 0 Å². The second-order valence-corrected chi connectivity index (χ2v) is 6.38. The van der Waals surface area contributed by atoms with E-state index in [0.29, 0.717) is 6.54 Å². The fourth-order valence-corrected chi connectivity index (χ4v) is 2.78. The maximum absolute atomic E-state index is 5.82. The van der Waals surface area contributed by atoms with Crippen molar-refractivity contribution in [3.8, 4) is 0 Å². The first kappa shape index (κ1) is 20.2. The largest absolute Gasteiger partial charge is 0.373 e. The van der Waals surface area contributed by atoms with Gasteiger partial charge in [-0.05, 0) is 51.7 Å². The van der Waals surface area contributed by atoms with Crippen LogP contribution in [-0.2, 0) is 11.3 Å². The van der Waals surface area contributed by atoms with Gasteiger partial charge in [-0.1, -0.05) is 23.8 Å². The number of aliphatic imine (C=N–C) groups is 1. The van der Waals surface area contributed by atoms with Crippen molar-refractivity contribution in [2.75, 3.05) is 19.7 Å². The van der Waals surface area contributed by atoms with Gasteiger partial charge in [0, 0.05) is 19.7 Å². The minimum absolute atomic E-state index is 0. The van der Waals surface area contributed by atoms with Gasteiger partial charge in [-0.2, -0.15) is 0 Å². The van der Waals surface area contributed by atoms with E-state index in [1.807, 2.05) is 0 Å². The van der Waals surface area contributed by atoms with Gasteiger partial charge in [0.15, 0.2) is 5.96 Å². The lowest BCUT2D eigenvalue weighted by molar-refractivity contribution is 0.0243. The molecule has 1 unspecified atom stereocenters. The molecule has 4 nitrogen and oxygen atoms in total. The average Bonchev–Trinajstić information content (AvgIpc) is 2.91. The first-order chi connectivity index (χ1) is 10.5. The molecule has 1 aromatic rings. The zero-order valence-electron chi connectivity index (χ0n) is 14.7. The maximum Gasteiger partial charge on any atom is 0.191 e. The summed E-state index contributed by atoms with van der Waals surface area (Å²) in [5.41, 5.74) is 3.80. The predicted octanol–water partition coefficient (Wildman–Crippen LogP) is 3.55. The lowest BCUT2D eigenvalue weighted by Crippen LogP contribution is -2.45. The Morgan fingerprint density at radius 1 is 1.30 bits per heavy atom. The molecule has 0 radical (unpaired) electrons. The first-order valence-corrected chi connectivity index (χ1v) is 8.25. The van der Waals surface area contributed by atoms with Crippen molar-refractivity contribution >= 4 is 29.9 Å². The summed E-state index contributed by atoms with van der Waals surface area (Å²) in [4.78, 5) is 4.71. The number of guanidine groups is 1. The van der Waals surface area contributed by atoms with Gasteiger partial charge in [0.2, 0.25) is 0 Å². The third-order valence-corrected chi connectivity index (χ3v) is 4.18. The summed E-state index contributed by atoms with van der Waals surface area (Å²) in [5, 5.41) is 6.73. The molecule has 1 aromatic carbocycles. The molecule has 5 heteroatoms. The second-order valence-electron chi connectivity index (χ2n) is 6.38. The number of rotatable bonds is 5. The van der Waals surface area contributed by atoms with Gasteiger partial charge in [-0.25, -0.2) is 4.99 Å². The third-order valence-electron chi connectivity index (χ3n) is 4.18. The topological polar surface area (TPSA) is 45.7 Å². The van der Waals surface area contributed by atoms with E-state index in [1.165, 1.54) is 16.7 Å². The van der Waals surface area contributed by atoms with Crippen molar-refractivity contribution in [3.05, 3.63) is 34.9 Å². The molecule has 1 heterocycles. The highest BCUT2D eigenvalue weighted by Crippen LogP contribution is 2.23. The van der Waals surface area contributed by atoms with Gasteiger partial charge in [0.1, 0.15) is 0 Å². The number of ether oxygens (including phenoxy) is 1. The second kappa shape index (κ2) is 9.47. The molecule has 0 spiro atoms. The number of nitrogens with zero attached hydrogens (tertiary/aromatic N) is 1. The Balaban J connectivity index is 0.00000264. The molecular weight excluding hydrogens is 401 g/mol. The van der Waals surface area contributed by atoms with E-state index in [9.17, 15) is 0 Å². The summed E-state index contributed by atoms with van der Waals surface area (Å²) < 4.78 is 5.82. The van der Waals surface area contributed by atoms with Gasteiger partial charge < -0.3 is 15.4 Å². The van der Waals surface area contributed by atoms with Gasteiger partial charge >= 0.3 is 0 Å². The predicted molar refractivity (Wildman–Crippen MR) is 108 cm³/mol. The number of benzene rings is 1. The van der Waals surface area contributed by atoms with E-state index >= 15 is 0 Å². The van der Waals surface area contributed by atoms with Crippen LogP contribution in [0.4, 0.5) is 0 Å². The molecular formula is C18H30IN3O. The average molecular weight is 431 g/mol. The van der Waals surface area contributed by atoms with Crippen LogP contribution < -0.4 is 10.6 Å². The first-order valence-electron chi connectivity index (χ1n) is 8.25. The molecule has 1 saturated heterocycles. The highest BCUT2D eigenvalue weighted by atomic mass is 127. The Kier molecular flexibility index (Phi) is 8.33. The standard InChI is InChI=1S/C18H29N3O.HI/c1-5-19-17(21-13-18(4)9-6-10-22-18)20-12-16-8-7-14(2)11-15(16)3;/h7-8,11H,5-6,9-10,12-13H2,1-4H3,(H2,19,20,21);1H. The fraction of sp³-hybridized carbons (Fsp3) is 0.611. The van der Waals surface area contributed by atoms with E-state index in [2.05, 4.69) is 56.5 Å². The molecule has 2 rings (SSSR count). The molecule has 0 bridgehead atoms. The van der Waals surface area contributed by atoms with Crippen LogP contribution in [0.5, 0.6) is 0 Å². The van der Waals surface area contributed by atoms with E-state index in [4.69, 9.17) is 9.73 Å². The van der Waals surface area contributed by atoms with E-state index in [1.54, 1.807) is 0 Å². The van der Waals surface area contributed by atoms with Crippen LogP contribution in [0.25, 0.3) is 0 Å². The number of nitrogens with one attached hydrogen (secondary N) is 2. The maximum atomic E-state index is 5.82. The van der Waals surface area contributed by atoms with Crippen molar-refractivity contribution in [1.82, 2.24) is 10.6 Å². The van der Waals surface area contributed by atoms with Crippen LogP contribution in [0.3, 0.4) is 0 Å². The fourth-order valence-electron chi connectivity index (χ4n) is 2.78. The minimum Gasteiger partial charge on any atom is -0.373 e. The van der Waals surface area contributed by atoms with Crippen LogP contribution in [0.1, 0.15) is 43.4 Å². The number of halogens is 1. The summed E-state index contributed by atoms with van der Waals surface area (Å²) in [7, 11) is 0. The molecule has 0 aliphatic carbocycles. The summed E-state index contributed by atoms with van der Waals surface area (Å²) in [6.07, 6.45) is 2.25. The van der Waals surface area contributed by atoms with Crippen LogP contribution >= 0.6 is 24.0 Å². The smallest absolute Gasteiger partial charge is 0.191 e. The number of hydrogen-bond acceptors (Lipinski definition) is 2. The summed E-state index contributed by atoms with van der Waals surface area (Å²) in [6.45, 7) is 11.7. The normalized spacial score (nSPS) is 21.0. The lowest BCUT2D eigenvalue weighted by atomic mass is 10.0. The van der Waals surface area contributed by atoms with Crippen molar-refractivity contribution in [2.45, 2.75) is 52.7 Å². The Morgan fingerprint density at radius 2 is 2.09 bits per heavy atom. The van der Waals surface area contributed by atoms with Crippen LogP contribution in [-0.4, -0.2) is 31.3 Å². The number of hydrogen-bond donors (Lipinski definition) is 2. The molecule has 1 atom stereocenters. The van der Waals surface area contributed by atoms with Crippen LogP contribution in [0, 0.1) is 13.8 Å². The summed E-state index contributed by atoms with van der Waals surface area (Å²) in [6, 6.07) is 6.52. The SMILES string of the molecule is CCNC(=NCc1ccc(C)cc1C)NCC1(C)CCCO1.I. The van der Waals surface area contributed by atoms with E-state index in [-0.39, 0.29) is 29.6 Å². The van der Waals surface area contributed by atoms with Crippen molar-refractivity contribution in [1.29, 1.82) is 0 Å². The zero-order chi connectivity index (χ0) is 16.0. The molecule has 0 aromatic heterocycles. The molecule has 0 amide bonds. The highest BCUT2D eigenvalue weighted by Gasteiger charge is 2.29. The molecule has 23 heavy (non-hydrogen) atoms.